The number of rotatable bonds is 14. The molecule has 0 bridgehead atoms. The Hall–Kier alpha value is -1.49. The third-order valence-corrected chi connectivity index (χ3v) is 3.72. The quantitative estimate of drug-likeness (QED) is 0.285. The molecule has 0 aliphatic heterocycles. The van der Waals surface area contributed by atoms with E-state index in [2.05, 4.69) is 30.6 Å². The molecule has 25 heavy (non-hydrogen) atoms. The van der Waals surface area contributed by atoms with E-state index in [0.29, 0.717) is 12.8 Å². The van der Waals surface area contributed by atoms with Crippen LogP contribution in [-0.4, -0.2) is 35.5 Å². The Kier molecular flexibility index (Phi) is 17.7. The topological polar surface area (TPSA) is 66.8 Å². The van der Waals surface area contributed by atoms with Gasteiger partial charge in [0.15, 0.2) is 0 Å². The summed E-state index contributed by atoms with van der Waals surface area (Å²) in [5, 5.41) is 17.6. The van der Waals surface area contributed by atoms with Crippen LogP contribution in [0, 0.1) is 23.7 Å². The van der Waals surface area contributed by atoms with E-state index < -0.39 is 12.7 Å². The first-order chi connectivity index (χ1) is 12.2. The summed E-state index contributed by atoms with van der Waals surface area (Å²) in [6, 6.07) is 0. The standard InChI is InChI=1S/C21H34O4/c1-2-3-4-5-6-7-8-9-10-11-12-13-14-15-16-17-21(24)25-19-20(23)18-22/h20,22-23H,2-9,14-19H2,1H3. The monoisotopic (exact) mass is 350 g/mol. The van der Waals surface area contributed by atoms with Crippen molar-refractivity contribution in [3.8, 4) is 23.7 Å². The summed E-state index contributed by atoms with van der Waals surface area (Å²) in [5.41, 5.74) is 0. The van der Waals surface area contributed by atoms with E-state index in [4.69, 9.17) is 14.9 Å². The highest BCUT2D eigenvalue weighted by molar-refractivity contribution is 5.69. The van der Waals surface area contributed by atoms with Crippen LogP contribution in [0.15, 0.2) is 0 Å². The molecule has 4 heteroatoms. The normalized spacial score (nSPS) is 11.0. The molecule has 0 fully saturated rings. The molecule has 0 rings (SSSR count). The summed E-state index contributed by atoms with van der Waals surface area (Å²) in [5.74, 6) is 11.5. The van der Waals surface area contributed by atoms with Crippen LogP contribution in [0.3, 0.4) is 0 Å². The van der Waals surface area contributed by atoms with Crippen molar-refractivity contribution in [1.82, 2.24) is 0 Å². The number of carbonyl (C=O) groups excluding carboxylic acids is 1. The second kappa shape index (κ2) is 18.8. The molecule has 0 radical (unpaired) electrons. The van der Waals surface area contributed by atoms with Gasteiger partial charge in [-0.2, -0.15) is 0 Å². The van der Waals surface area contributed by atoms with Gasteiger partial charge >= 0.3 is 5.97 Å². The first-order valence-corrected chi connectivity index (χ1v) is 9.61. The molecular weight excluding hydrogens is 316 g/mol. The molecule has 0 spiro atoms. The van der Waals surface area contributed by atoms with Gasteiger partial charge in [-0.3, -0.25) is 4.79 Å². The van der Waals surface area contributed by atoms with E-state index in [-0.39, 0.29) is 12.6 Å². The number of unbranched alkanes of at least 4 members (excludes halogenated alkanes) is 9. The SMILES string of the molecule is CCCCCCCCCC#CC#CCCCCC(=O)OCC(O)CO. The second-order valence-electron chi connectivity index (χ2n) is 6.20. The van der Waals surface area contributed by atoms with Gasteiger partial charge in [-0.05, 0) is 31.1 Å². The molecule has 0 aromatic carbocycles. The average molecular weight is 350 g/mol. The third-order valence-electron chi connectivity index (χ3n) is 3.72. The van der Waals surface area contributed by atoms with Crippen LogP contribution >= 0.6 is 0 Å². The lowest BCUT2D eigenvalue weighted by atomic mass is 10.1. The zero-order chi connectivity index (χ0) is 18.6. The Morgan fingerprint density at radius 3 is 2.08 bits per heavy atom. The lowest BCUT2D eigenvalue weighted by Crippen LogP contribution is -2.21. The van der Waals surface area contributed by atoms with Gasteiger partial charge in [-0.1, -0.05) is 57.3 Å². The number of carbonyl (C=O) groups is 1. The van der Waals surface area contributed by atoms with Crippen molar-refractivity contribution in [2.24, 2.45) is 0 Å². The maximum Gasteiger partial charge on any atom is 0.305 e. The summed E-state index contributed by atoms with van der Waals surface area (Å²) in [4.78, 5) is 11.3. The van der Waals surface area contributed by atoms with E-state index in [1.165, 1.54) is 38.5 Å². The van der Waals surface area contributed by atoms with E-state index in [1.54, 1.807) is 0 Å². The highest BCUT2D eigenvalue weighted by Gasteiger charge is 2.06. The van der Waals surface area contributed by atoms with Crippen LogP contribution in [-0.2, 0) is 9.53 Å². The second-order valence-corrected chi connectivity index (χ2v) is 6.20. The number of esters is 1. The Morgan fingerprint density at radius 1 is 0.920 bits per heavy atom. The highest BCUT2D eigenvalue weighted by Crippen LogP contribution is 2.07. The van der Waals surface area contributed by atoms with Crippen LogP contribution in [0.2, 0.25) is 0 Å². The average Bonchev–Trinajstić information content (AvgIpc) is 2.62. The van der Waals surface area contributed by atoms with Crippen LogP contribution < -0.4 is 0 Å². The molecule has 0 saturated heterocycles. The van der Waals surface area contributed by atoms with Gasteiger partial charge in [0.05, 0.1) is 6.61 Å². The number of ether oxygens (including phenoxy) is 1. The maximum absolute atomic E-state index is 11.3. The number of hydrogen-bond donors (Lipinski definition) is 2. The summed E-state index contributed by atoms with van der Waals surface area (Å²) < 4.78 is 4.81. The van der Waals surface area contributed by atoms with Crippen molar-refractivity contribution >= 4 is 5.97 Å². The molecule has 0 aromatic rings. The molecule has 1 atom stereocenters. The molecule has 0 amide bonds. The molecular formula is C21H34O4. The van der Waals surface area contributed by atoms with Gasteiger partial charge in [-0.15, -0.1) is 0 Å². The highest BCUT2D eigenvalue weighted by atomic mass is 16.5. The Labute approximate surface area is 153 Å². The number of aliphatic hydroxyl groups excluding tert-OH is 2. The predicted octanol–water partition coefficient (Wildman–Crippen LogP) is 3.59. The molecule has 0 aliphatic rings. The molecule has 0 aliphatic carbocycles. The molecule has 0 aromatic heterocycles. The summed E-state index contributed by atoms with van der Waals surface area (Å²) in [7, 11) is 0. The lowest BCUT2D eigenvalue weighted by molar-refractivity contribution is -0.147. The number of aliphatic hydroxyl groups is 2. The zero-order valence-electron chi connectivity index (χ0n) is 15.7. The van der Waals surface area contributed by atoms with Crippen LogP contribution in [0.4, 0.5) is 0 Å². The molecule has 2 N–H and O–H groups in total. The molecule has 1 unspecified atom stereocenters. The first-order valence-electron chi connectivity index (χ1n) is 9.61. The lowest BCUT2D eigenvalue weighted by Gasteiger charge is -2.07. The van der Waals surface area contributed by atoms with E-state index >= 15 is 0 Å². The van der Waals surface area contributed by atoms with Gasteiger partial charge in [0.1, 0.15) is 12.7 Å². The molecule has 142 valence electrons. The van der Waals surface area contributed by atoms with Gasteiger partial charge in [0.25, 0.3) is 0 Å². The number of hydrogen-bond acceptors (Lipinski definition) is 4. The molecule has 0 saturated carbocycles. The fraction of sp³-hybridized carbons (Fsp3) is 0.762. The first kappa shape index (κ1) is 23.5. The minimum atomic E-state index is -0.991. The van der Waals surface area contributed by atoms with Crippen molar-refractivity contribution in [3.05, 3.63) is 0 Å². The summed E-state index contributed by atoms with van der Waals surface area (Å²) in [6.07, 6.45) is 11.6. The van der Waals surface area contributed by atoms with Crippen molar-refractivity contribution in [2.45, 2.75) is 90.1 Å². The van der Waals surface area contributed by atoms with Crippen molar-refractivity contribution in [2.75, 3.05) is 13.2 Å². The van der Waals surface area contributed by atoms with Crippen molar-refractivity contribution in [1.29, 1.82) is 0 Å². The fourth-order valence-electron chi connectivity index (χ4n) is 2.18. The predicted molar refractivity (Wildman–Crippen MR) is 101 cm³/mol. The minimum absolute atomic E-state index is 0.149. The van der Waals surface area contributed by atoms with Gasteiger partial charge in [0, 0.05) is 19.3 Å². The van der Waals surface area contributed by atoms with Crippen LogP contribution in [0.1, 0.15) is 84.0 Å². The zero-order valence-corrected chi connectivity index (χ0v) is 15.7. The third kappa shape index (κ3) is 18.7. The maximum atomic E-state index is 11.3. The summed E-state index contributed by atoms with van der Waals surface area (Å²) in [6.45, 7) is 1.68. The van der Waals surface area contributed by atoms with Crippen molar-refractivity contribution in [3.63, 3.8) is 0 Å². The fourth-order valence-corrected chi connectivity index (χ4v) is 2.18. The molecule has 4 nitrogen and oxygen atoms in total. The Morgan fingerprint density at radius 2 is 1.48 bits per heavy atom. The Bertz CT molecular complexity index is 436. The summed E-state index contributed by atoms with van der Waals surface area (Å²) >= 11 is 0. The van der Waals surface area contributed by atoms with Gasteiger partial charge in [0.2, 0.25) is 0 Å². The van der Waals surface area contributed by atoms with E-state index in [9.17, 15) is 4.79 Å². The smallest absolute Gasteiger partial charge is 0.305 e. The van der Waals surface area contributed by atoms with Crippen LogP contribution in [0.25, 0.3) is 0 Å². The van der Waals surface area contributed by atoms with Crippen molar-refractivity contribution < 1.29 is 19.7 Å². The largest absolute Gasteiger partial charge is 0.463 e. The van der Waals surface area contributed by atoms with E-state index in [1.807, 2.05) is 0 Å². The van der Waals surface area contributed by atoms with Crippen LogP contribution in [0.5, 0.6) is 0 Å². The molecule has 0 heterocycles. The van der Waals surface area contributed by atoms with Gasteiger partial charge < -0.3 is 14.9 Å². The Balaban J connectivity index is 3.44. The van der Waals surface area contributed by atoms with Gasteiger partial charge in [-0.25, -0.2) is 0 Å². The van der Waals surface area contributed by atoms with E-state index in [0.717, 1.165) is 25.7 Å². The minimum Gasteiger partial charge on any atom is -0.463 e.